The van der Waals surface area contributed by atoms with Crippen LogP contribution in [0.1, 0.15) is 50.3 Å². The number of carbonyl (C=O) groups excluding carboxylic acids is 1. The van der Waals surface area contributed by atoms with Crippen LogP contribution in [0.15, 0.2) is 18.2 Å². The Hall–Kier alpha value is -1.39. The van der Waals surface area contributed by atoms with Crippen LogP contribution in [0.4, 0.5) is 5.69 Å². The molecule has 114 valence electrons. The molecule has 0 spiro atoms. The SMILES string of the molecule is CCC(=O)N1c2ccc(C(O)C3CCCN3)cc2CC1C. The number of aliphatic hydroxyl groups excluding tert-OH is 1. The smallest absolute Gasteiger partial charge is 0.226 e. The molecule has 0 bridgehead atoms. The molecule has 1 amide bonds. The summed E-state index contributed by atoms with van der Waals surface area (Å²) in [5.41, 5.74) is 3.16. The molecule has 1 aromatic carbocycles. The van der Waals surface area contributed by atoms with Gasteiger partial charge in [-0.1, -0.05) is 19.1 Å². The minimum Gasteiger partial charge on any atom is -0.387 e. The van der Waals surface area contributed by atoms with Crippen molar-refractivity contribution in [3.05, 3.63) is 29.3 Å². The van der Waals surface area contributed by atoms with E-state index in [2.05, 4.69) is 18.3 Å². The third kappa shape index (κ3) is 2.58. The molecule has 3 rings (SSSR count). The molecular formula is C17H24N2O2. The predicted octanol–water partition coefficient (Wildman–Crippen LogP) is 2.16. The van der Waals surface area contributed by atoms with Crippen molar-refractivity contribution in [2.75, 3.05) is 11.4 Å². The van der Waals surface area contributed by atoms with Gasteiger partial charge in [-0.05, 0) is 49.9 Å². The molecule has 3 atom stereocenters. The van der Waals surface area contributed by atoms with Gasteiger partial charge in [-0.2, -0.15) is 0 Å². The minimum absolute atomic E-state index is 0.162. The number of benzene rings is 1. The fourth-order valence-corrected chi connectivity index (χ4v) is 3.60. The standard InChI is InChI=1S/C17H24N2O2/c1-3-16(20)19-11(2)9-13-10-12(6-7-15(13)19)17(21)14-5-4-8-18-14/h6-7,10-11,14,17-18,21H,3-5,8-9H2,1-2H3. The molecule has 21 heavy (non-hydrogen) atoms. The maximum Gasteiger partial charge on any atom is 0.226 e. The Bertz CT molecular complexity index is 538. The number of nitrogens with zero attached hydrogens (tertiary/aromatic N) is 1. The van der Waals surface area contributed by atoms with E-state index in [-0.39, 0.29) is 18.0 Å². The summed E-state index contributed by atoms with van der Waals surface area (Å²) in [6.07, 6.45) is 3.10. The van der Waals surface area contributed by atoms with Crippen LogP contribution in [0.2, 0.25) is 0 Å². The van der Waals surface area contributed by atoms with Gasteiger partial charge in [-0.3, -0.25) is 4.79 Å². The van der Waals surface area contributed by atoms with Crippen LogP contribution >= 0.6 is 0 Å². The van der Waals surface area contributed by atoms with Gasteiger partial charge in [0.25, 0.3) is 0 Å². The first-order valence-electron chi connectivity index (χ1n) is 7.98. The molecule has 2 heterocycles. The molecular weight excluding hydrogens is 264 g/mol. The van der Waals surface area contributed by atoms with Gasteiger partial charge in [-0.25, -0.2) is 0 Å². The van der Waals surface area contributed by atoms with E-state index in [0.717, 1.165) is 37.1 Å². The highest BCUT2D eigenvalue weighted by Gasteiger charge is 2.31. The van der Waals surface area contributed by atoms with Crippen molar-refractivity contribution in [1.29, 1.82) is 0 Å². The van der Waals surface area contributed by atoms with Crippen LogP contribution in [-0.2, 0) is 11.2 Å². The van der Waals surface area contributed by atoms with Crippen LogP contribution in [0, 0.1) is 0 Å². The molecule has 3 unspecified atom stereocenters. The zero-order valence-corrected chi connectivity index (χ0v) is 12.8. The van der Waals surface area contributed by atoms with E-state index in [4.69, 9.17) is 0 Å². The van der Waals surface area contributed by atoms with E-state index in [1.165, 1.54) is 5.56 Å². The molecule has 1 saturated heterocycles. The molecule has 0 aromatic heterocycles. The van der Waals surface area contributed by atoms with Gasteiger partial charge in [-0.15, -0.1) is 0 Å². The first-order chi connectivity index (χ1) is 10.1. The van der Waals surface area contributed by atoms with Crippen molar-refractivity contribution < 1.29 is 9.90 Å². The summed E-state index contributed by atoms with van der Waals surface area (Å²) in [4.78, 5) is 14.0. The van der Waals surface area contributed by atoms with E-state index >= 15 is 0 Å². The first-order valence-corrected chi connectivity index (χ1v) is 7.98. The summed E-state index contributed by atoms with van der Waals surface area (Å²) in [6.45, 7) is 4.97. The van der Waals surface area contributed by atoms with Crippen molar-refractivity contribution in [2.45, 2.75) is 57.7 Å². The Morgan fingerprint density at radius 3 is 3.00 bits per heavy atom. The van der Waals surface area contributed by atoms with Gasteiger partial charge in [0.2, 0.25) is 5.91 Å². The number of hydrogen-bond acceptors (Lipinski definition) is 3. The molecule has 4 nitrogen and oxygen atoms in total. The lowest BCUT2D eigenvalue weighted by atomic mass is 9.98. The Morgan fingerprint density at radius 2 is 2.33 bits per heavy atom. The second-order valence-electron chi connectivity index (χ2n) is 6.21. The van der Waals surface area contributed by atoms with Crippen molar-refractivity contribution in [1.82, 2.24) is 5.32 Å². The van der Waals surface area contributed by atoms with Gasteiger partial charge >= 0.3 is 0 Å². The number of hydrogen-bond donors (Lipinski definition) is 2. The van der Waals surface area contributed by atoms with Crippen molar-refractivity contribution in [3.8, 4) is 0 Å². The van der Waals surface area contributed by atoms with Gasteiger partial charge in [0.15, 0.2) is 0 Å². The fraction of sp³-hybridized carbons (Fsp3) is 0.588. The largest absolute Gasteiger partial charge is 0.387 e. The van der Waals surface area contributed by atoms with Crippen molar-refractivity contribution >= 4 is 11.6 Å². The van der Waals surface area contributed by atoms with Crippen LogP contribution < -0.4 is 10.2 Å². The molecule has 2 aliphatic rings. The average molecular weight is 288 g/mol. The first kappa shape index (κ1) is 14.5. The van der Waals surface area contributed by atoms with E-state index in [1.54, 1.807) is 0 Å². The summed E-state index contributed by atoms with van der Waals surface area (Å²) in [5, 5.41) is 13.8. The molecule has 0 saturated carbocycles. The number of fused-ring (bicyclic) bond motifs is 1. The maximum atomic E-state index is 12.1. The van der Waals surface area contributed by atoms with E-state index in [9.17, 15) is 9.90 Å². The molecule has 0 aliphatic carbocycles. The number of anilines is 1. The predicted molar refractivity (Wildman–Crippen MR) is 83.4 cm³/mol. The highest BCUT2D eigenvalue weighted by Crippen LogP contribution is 2.35. The third-order valence-corrected chi connectivity index (χ3v) is 4.71. The third-order valence-electron chi connectivity index (χ3n) is 4.71. The lowest BCUT2D eigenvalue weighted by Gasteiger charge is -2.23. The highest BCUT2D eigenvalue weighted by molar-refractivity contribution is 5.96. The Labute approximate surface area is 126 Å². The van der Waals surface area contributed by atoms with Crippen molar-refractivity contribution in [3.63, 3.8) is 0 Å². The number of rotatable bonds is 3. The monoisotopic (exact) mass is 288 g/mol. The Balaban J connectivity index is 1.86. The lowest BCUT2D eigenvalue weighted by molar-refractivity contribution is -0.118. The van der Waals surface area contributed by atoms with Gasteiger partial charge in [0, 0.05) is 24.2 Å². The fourth-order valence-electron chi connectivity index (χ4n) is 3.60. The summed E-state index contributed by atoms with van der Waals surface area (Å²) in [5.74, 6) is 0.173. The van der Waals surface area contributed by atoms with Gasteiger partial charge in [0.05, 0.1) is 6.10 Å². The lowest BCUT2D eigenvalue weighted by Crippen LogP contribution is -2.35. The Morgan fingerprint density at radius 1 is 1.52 bits per heavy atom. The summed E-state index contributed by atoms with van der Waals surface area (Å²) >= 11 is 0. The normalized spacial score (nSPS) is 26.0. The molecule has 2 aliphatic heterocycles. The summed E-state index contributed by atoms with van der Waals surface area (Å²) in [6, 6.07) is 6.43. The second-order valence-corrected chi connectivity index (χ2v) is 6.21. The number of aliphatic hydroxyl groups is 1. The van der Waals surface area contributed by atoms with Gasteiger partial charge in [0.1, 0.15) is 0 Å². The number of carbonyl (C=O) groups is 1. The van der Waals surface area contributed by atoms with E-state index in [0.29, 0.717) is 6.42 Å². The second kappa shape index (κ2) is 5.78. The summed E-state index contributed by atoms with van der Waals surface area (Å²) in [7, 11) is 0. The topological polar surface area (TPSA) is 52.6 Å². The molecule has 2 N–H and O–H groups in total. The molecule has 4 heteroatoms. The van der Waals surface area contributed by atoms with E-state index in [1.807, 2.05) is 24.0 Å². The Kier molecular flexibility index (Phi) is 4.00. The number of nitrogens with one attached hydrogen (secondary N) is 1. The van der Waals surface area contributed by atoms with Gasteiger partial charge < -0.3 is 15.3 Å². The van der Waals surface area contributed by atoms with Crippen LogP contribution in [0.25, 0.3) is 0 Å². The average Bonchev–Trinajstić information content (AvgIpc) is 3.11. The van der Waals surface area contributed by atoms with E-state index < -0.39 is 6.10 Å². The molecule has 0 radical (unpaired) electrons. The number of amides is 1. The summed E-state index contributed by atoms with van der Waals surface area (Å²) < 4.78 is 0. The molecule has 1 aromatic rings. The van der Waals surface area contributed by atoms with Crippen LogP contribution in [0.3, 0.4) is 0 Å². The molecule has 1 fully saturated rings. The zero-order chi connectivity index (χ0) is 15.0. The maximum absolute atomic E-state index is 12.1. The quantitative estimate of drug-likeness (QED) is 0.896. The van der Waals surface area contributed by atoms with Crippen LogP contribution in [0.5, 0.6) is 0 Å². The highest BCUT2D eigenvalue weighted by atomic mass is 16.3. The minimum atomic E-state index is -0.455. The van der Waals surface area contributed by atoms with Crippen LogP contribution in [-0.4, -0.2) is 29.6 Å². The van der Waals surface area contributed by atoms with Crippen molar-refractivity contribution in [2.24, 2.45) is 0 Å². The zero-order valence-electron chi connectivity index (χ0n) is 12.8.